The first kappa shape index (κ1) is 17.6. The van der Waals surface area contributed by atoms with Gasteiger partial charge in [-0.15, -0.1) is 0 Å². The molecule has 0 aliphatic heterocycles. The molecule has 1 amide bonds. The largest absolute Gasteiger partial charge is 0.508 e. The highest BCUT2D eigenvalue weighted by molar-refractivity contribution is 6.31. The summed E-state index contributed by atoms with van der Waals surface area (Å²) in [5, 5.41) is 18.8. The Balaban J connectivity index is 2.68. The van der Waals surface area contributed by atoms with Crippen molar-refractivity contribution in [2.24, 2.45) is 0 Å². The van der Waals surface area contributed by atoms with Crippen LogP contribution in [-0.2, 0) is 11.2 Å². The molecule has 6 heteroatoms. The van der Waals surface area contributed by atoms with E-state index < -0.39 is 11.7 Å². The third-order valence-electron chi connectivity index (χ3n) is 2.71. The van der Waals surface area contributed by atoms with Crippen molar-refractivity contribution in [2.75, 3.05) is 19.7 Å². The summed E-state index contributed by atoms with van der Waals surface area (Å²) in [6, 6.07) is 4.72. The van der Waals surface area contributed by atoms with E-state index in [-0.39, 0.29) is 18.9 Å². The van der Waals surface area contributed by atoms with Crippen LogP contribution in [0.5, 0.6) is 5.75 Å². The molecular formula is C15H22ClNO4. The minimum absolute atomic E-state index is 0.100. The molecule has 118 valence electrons. The number of ether oxygens (including phenoxy) is 1. The van der Waals surface area contributed by atoms with Crippen molar-refractivity contribution in [1.29, 1.82) is 0 Å². The van der Waals surface area contributed by atoms with Gasteiger partial charge in [-0.05, 0) is 44.9 Å². The van der Waals surface area contributed by atoms with Gasteiger partial charge in [0, 0.05) is 18.1 Å². The number of rotatable bonds is 5. The molecule has 1 rings (SSSR count). The second-order valence-electron chi connectivity index (χ2n) is 5.72. The monoisotopic (exact) mass is 315 g/mol. The van der Waals surface area contributed by atoms with Crippen LogP contribution in [-0.4, -0.2) is 46.5 Å². The van der Waals surface area contributed by atoms with E-state index >= 15 is 0 Å². The average Bonchev–Trinajstić information content (AvgIpc) is 2.34. The zero-order valence-corrected chi connectivity index (χ0v) is 13.4. The number of phenols is 1. The molecule has 0 aromatic heterocycles. The van der Waals surface area contributed by atoms with Crippen LogP contribution in [0.1, 0.15) is 26.3 Å². The number of halogens is 1. The van der Waals surface area contributed by atoms with E-state index in [1.807, 2.05) is 0 Å². The molecular weight excluding hydrogens is 294 g/mol. The van der Waals surface area contributed by atoms with Gasteiger partial charge in [-0.2, -0.15) is 0 Å². The van der Waals surface area contributed by atoms with Crippen molar-refractivity contribution in [2.45, 2.75) is 32.8 Å². The lowest BCUT2D eigenvalue weighted by Gasteiger charge is -2.27. The zero-order valence-electron chi connectivity index (χ0n) is 12.6. The van der Waals surface area contributed by atoms with E-state index in [4.69, 9.17) is 21.4 Å². The molecule has 1 aromatic rings. The summed E-state index contributed by atoms with van der Waals surface area (Å²) < 4.78 is 5.29. The standard InChI is InChI=1S/C15H22ClNO4/c1-15(2,3)21-14(20)17(8-9-18)7-6-11-4-5-12(19)10-13(11)16/h4-5,10,18-19H,6-9H2,1-3H3. The Labute approximate surface area is 130 Å². The lowest BCUT2D eigenvalue weighted by molar-refractivity contribution is 0.0221. The highest BCUT2D eigenvalue weighted by Gasteiger charge is 2.21. The Hall–Kier alpha value is -1.46. The molecule has 0 fully saturated rings. The Morgan fingerprint density at radius 3 is 2.52 bits per heavy atom. The molecule has 2 N–H and O–H groups in total. The van der Waals surface area contributed by atoms with Gasteiger partial charge >= 0.3 is 6.09 Å². The second kappa shape index (κ2) is 7.52. The fraction of sp³-hybridized carbons (Fsp3) is 0.533. The lowest BCUT2D eigenvalue weighted by Crippen LogP contribution is -2.39. The minimum atomic E-state index is -0.582. The van der Waals surface area contributed by atoms with Crippen molar-refractivity contribution in [3.05, 3.63) is 28.8 Å². The summed E-state index contributed by atoms with van der Waals surface area (Å²) in [6.45, 7) is 5.81. The molecule has 1 aromatic carbocycles. The fourth-order valence-corrected chi connectivity index (χ4v) is 2.01. The van der Waals surface area contributed by atoms with E-state index in [2.05, 4.69) is 0 Å². The topological polar surface area (TPSA) is 70.0 Å². The first-order chi connectivity index (χ1) is 9.73. The smallest absolute Gasteiger partial charge is 0.410 e. The molecule has 0 aliphatic rings. The molecule has 0 saturated heterocycles. The van der Waals surface area contributed by atoms with Crippen molar-refractivity contribution >= 4 is 17.7 Å². The van der Waals surface area contributed by atoms with Crippen molar-refractivity contribution in [3.63, 3.8) is 0 Å². The maximum Gasteiger partial charge on any atom is 0.410 e. The number of nitrogens with zero attached hydrogens (tertiary/aromatic N) is 1. The fourth-order valence-electron chi connectivity index (χ4n) is 1.74. The number of aromatic hydroxyl groups is 1. The number of carbonyl (C=O) groups excluding carboxylic acids is 1. The number of hydrogen-bond acceptors (Lipinski definition) is 4. The molecule has 21 heavy (non-hydrogen) atoms. The van der Waals surface area contributed by atoms with Gasteiger partial charge in [0.15, 0.2) is 0 Å². The van der Waals surface area contributed by atoms with E-state index in [1.165, 1.54) is 11.0 Å². The summed E-state index contributed by atoms with van der Waals surface area (Å²) in [4.78, 5) is 13.5. The predicted octanol–water partition coefficient (Wildman–Crippen LogP) is 2.82. The van der Waals surface area contributed by atoms with Gasteiger partial charge in [0.05, 0.1) is 6.61 Å². The van der Waals surface area contributed by atoms with E-state index in [0.29, 0.717) is 18.0 Å². The average molecular weight is 316 g/mol. The molecule has 0 bridgehead atoms. The molecule has 0 aliphatic carbocycles. The molecule has 0 saturated carbocycles. The Morgan fingerprint density at radius 2 is 2.00 bits per heavy atom. The third-order valence-corrected chi connectivity index (χ3v) is 3.06. The number of aliphatic hydroxyl groups excluding tert-OH is 1. The highest BCUT2D eigenvalue weighted by atomic mass is 35.5. The van der Waals surface area contributed by atoms with Crippen LogP contribution < -0.4 is 0 Å². The number of hydrogen-bond donors (Lipinski definition) is 2. The Bertz CT molecular complexity index is 485. The highest BCUT2D eigenvalue weighted by Crippen LogP contribution is 2.22. The number of benzene rings is 1. The number of amides is 1. The van der Waals surface area contributed by atoms with Crippen LogP contribution in [0.15, 0.2) is 18.2 Å². The predicted molar refractivity (Wildman–Crippen MR) is 81.7 cm³/mol. The number of carbonyl (C=O) groups is 1. The number of aliphatic hydroxyl groups is 1. The summed E-state index contributed by atoms with van der Waals surface area (Å²) in [5.74, 6) is 0.100. The zero-order chi connectivity index (χ0) is 16.0. The maximum absolute atomic E-state index is 12.0. The molecule has 0 spiro atoms. The van der Waals surface area contributed by atoms with E-state index in [9.17, 15) is 9.90 Å². The van der Waals surface area contributed by atoms with Crippen molar-refractivity contribution < 1.29 is 19.7 Å². The van der Waals surface area contributed by atoms with Crippen molar-refractivity contribution in [1.82, 2.24) is 4.90 Å². The SMILES string of the molecule is CC(C)(C)OC(=O)N(CCO)CCc1ccc(O)cc1Cl. The summed E-state index contributed by atoms with van der Waals surface area (Å²) in [5.41, 5.74) is 0.238. The van der Waals surface area contributed by atoms with E-state index in [1.54, 1.807) is 32.9 Å². The van der Waals surface area contributed by atoms with Gasteiger partial charge < -0.3 is 19.8 Å². The van der Waals surface area contributed by atoms with Crippen molar-refractivity contribution in [3.8, 4) is 5.75 Å². The Morgan fingerprint density at radius 1 is 1.33 bits per heavy atom. The molecule has 0 radical (unpaired) electrons. The van der Waals surface area contributed by atoms with Gasteiger partial charge in [-0.25, -0.2) is 4.79 Å². The van der Waals surface area contributed by atoms with Crippen LogP contribution in [0, 0.1) is 0 Å². The Kier molecular flexibility index (Phi) is 6.30. The normalized spacial score (nSPS) is 11.3. The van der Waals surface area contributed by atoms with Gasteiger partial charge in [0.1, 0.15) is 11.4 Å². The first-order valence-corrected chi connectivity index (χ1v) is 7.17. The van der Waals surface area contributed by atoms with Crippen LogP contribution in [0.4, 0.5) is 4.79 Å². The number of phenolic OH excluding ortho intramolecular Hbond substituents is 1. The van der Waals surface area contributed by atoms with Gasteiger partial charge in [-0.3, -0.25) is 0 Å². The molecule has 0 heterocycles. The van der Waals surface area contributed by atoms with Gasteiger partial charge in [-0.1, -0.05) is 17.7 Å². The third kappa shape index (κ3) is 6.23. The quantitative estimate of drug-likeness (QED) is 0.876. The summed E-state index contributed by atoms with van der Waals surface area (Å²) >= 11 is 6.03. The van der Waals surface area contributed by atoms with Crippen LogP contribution in [0.2, 0.25) is 5.02 Å². The second-order valence-corrected chi connectivity index (χ2v) is 6.12. The minimum Gasteiger partial charge on any atom is -0.508 e. The summed E-state index contributed by atoms with van der Waals surface area (Å²) in [6.07, 6.45) is 0.0460. The van der Waals surface area contributed by atoms with Crippen LogP contribution in [0.25, 0.3) is 0 Å². The van der Waals surface area contributed by atoms with E-state index in [0.717, 1.165) is 5.56 Å². The molecule has 0 atom stereocenters. The maximum atomic E-state index is 12.0. The molecule has 5 nitrogen and oxygen atoms in total. The molecule has 0 unspecified atom stereocenters. The van der Waals surface area contributed by atoms with Crippen LogP contribution in [0.3, 0.4) is 0 Å². The van der Waals surface area contributed by atoms with Crippen LogP contribution >= 0.6 is 11.6 Å². The lowest BCUT2D eigenvalue weighted by atomic mass is 10.1. The first-order valence-electron chi connectivity index (χ1n) is 6.79. The summed E-state index contributed by atoms with van der Waals surface area (Å²) in [7, 11) is 0. The van der Waals surface area contributed by atoms with Gasteiger partial charge in [0.2, 0.25) is 0 Å². The van der Waals surface area contributed by atoms with Gasteiger partial charge in [0.25, 0.3) is 0 Å².